The van der Waals surface area contributed by atoms with Crippen molar-refractivity contribution in [3.8, 4) is 0 Å². The van der Waals surface area contributed by atoms with E-state index in [9.17, 15) is 32.3 Å². The second-order valence-electron chi connectivity index (χ2n) is 4.86. The maximum Gasteiger partial charge on any atom is 0.471 e. The summed E-state index contributed by atoms with van der Waals surface area (Å²) in [5.41, 5.74) is -1.90. The number of Topliss-reactive ketones (excluding diaryl/α,β-unsaturated/α-hetero) is 2. The molecule has 6 nitrogen and oxygen atoms in total. The van der Waals surface area contributed by atoms with Gasteiger partial charge >= 0.3 is 18.1 Å². The largest absolute Gasteiger partial charge is 0.471 e. The van der Waals surface area contributed by atoms with Gasteiger partial charge in [0.1, 0.15) is 11.2 Å². The van der Waals surface area contributed by atoms with Crippen molar-refractivity contribution in [2.24, 2.45) is 5.41 Å². The van der Waals surface area contributed by atoms with Crippen LogP contribution in [0.3, 0.4) is 0 Å². The average Bonchev–Trinajstić information content (AvgIpc) is 2.71. The van der Waals surface area contributed by atoms with Crippen molar-refractivity contribution in [2.45, 2.75) is 25.9 Å². The van der Waals surface area contributed by atoms with E-state index in [4.69, 9.17) is 0 Å². The number of rotatable bonds is 4. The van der Waals surface area contributed by atoms with Crippen LogP contribution < -0.4 is 0 Å². The molecule has 9 heteroatoms. The van der Waals surface area contributed by atoms with Crippen LogP contribution >= 0.6 is 0 Å². The molecule has 0 aromatic heterocycles. The van der Waals surface area contributed by atoms with Crippen LogP contribution in [-0.2, 0) is 23.9 Å². The molecular weight excluding hydrogens is 295 g/mol. The SMILES string of the molecule is COC(=O)[C@@]1(CCC(C)=O)CN(C(=O)C(F)(F)F)CC1=O. The zero-order valence-electron chi connectivity index (χ0n) is 11.5. The van der Waals surface area contributed by atoms with E-state index in [1.54, 1.807) is 0 Å². The lowest BCUT2D eigenvalue weighted by Gasteiger charge is -2.24. The number of ether oxygens (including phenoxy) is 1. The van der Waals surface area contributed by atoms with Gasteiger partial charge in [0.05, 0.1) is 13.7 Å². The van der Waals surface area contributed by atoms with E-state index >= 15 is 0 Å². The number of hydrogen-bond acceptors (Lipinski definition) is 5. The molecule has 0 saturated carbocycles. The molecule has 0 bridgehead atoms. The van der Waals surface area contributed by atoms with Crippen LogP contribution in [-0.4, -0.2) is 54.7 Å². The fourth-order valence-corrected chi connectivity index (χ4v) is 2.20. The van der Waals surface area contributed by atoms with E-state index in [0.29, 0.717) is 0 Å². The summed E-state index contributed by atoms with van der Waals surface area (Å²) in [6.07, 6.45) is -5.59. The molecule has 1 fully saturated rings. The van der Waals surface area contributed by atoms with Crippen molar-refractivity contribution < 1.29 is 37.1 Å². The molecule has 1 aliphatic rings. The van der Waals surface area contributed by atoms with Gasteiger partial charge in [-0.15, -0.1) is 0 Å². The highest BCUT2D eigenvalue weighted by atomic mass is 19.4. The molecule has 1 heterocycles. The van der Waals surface area contributed by atoms with Crippen LogP contribution in [0, 0.1) is 5.41 Å². The number of hydrogen-bond donors (Lipinski definition) is 0. The summed E-state index contributed by atoms with van der Waals surface area (Å²) in [5.74, 6) is -4.41. The topological polar surface area (TPSA) is 80.8 Å². The molecule has 1 amide bonds. The minimum absolute atomic E-state index is 0.172. The zero-order valence-corrected chi connectivity index (χ0v) is 11.5. The summed E-state index contributed by atoms with van der Waals surface area (Å²) >= 11 is 0. The van der Waals surface area contributed by atoms with E-state index in [2.05, 4.69) is 4.74 Å². The number of esters is 1. The monoisotopic (exact) mass is 309 g/mol. The quantitative estimate of drug-likeness (QED) is 0.557. The predicted octanol–water partition coefficient (Wildman–Crippen LogP) is 0.489. The first-order chi connectivity index (χ1) is 9.54. The Hall–Kier alpha value is -1.93. The van der Waals surface area contributed by atoms with Crippen LogP contribution in [0.25, 0.3) is 0 Å². The Morgan fingerprint density at radius 1 is 1.33 bits per heavy atom. The first-order valence-electron chi connectivity index (χ1n) is 6.02. The highest BCUT2D eigenvalue weighted by molar-refractivity contribution is 6.09. The van der Waals surface area contributed by atoms with Crippen LogP contribution in [0.1, 0.15) is 19.8 Å². The van der Waals surface area contributed by atoms with Crippen molar-refractivity contribution in [2.75, 3.05) is 20.2 Å². The lowest BCUT2D eigenvalue weighted by atomic mass is 9.81. The maximum atomic E-state index is 12.4. The minimum Gasteiger partial charge on any atom is -0.468 e. The second kappa shape index (κ2) is 5.82. The number of nitrogens with zero attached hydrogens (tertiary/aromatic N) is 1. The first-order valence-corrected chi connectivity index (χ1v) is 6.02. The van der Waals surface area contributed by atoms with Crippen LogP contribution in [0.4, 0.5) is 13.2 Å². The Kier molecular flexibility index (Phi) is 4.75. The number of carbonyl (C=O) groups is 4. The van der Waals surface area contributed by atoms with Gasteiger partial charge in [0.15, 0.2) is 5.78 Å². The molecular formula is C12H14F3NO5. The van der Waals surface area contributed by atoms with Crippen LogP contribution in [0.2, 0.25) is 0 Å². The van der Waals surface area contributed by atoms with Gasteiger partial charge in [0.2, 0.25) is 0 Å². The van der Waals surface area contributed by atoms with E-state index in [1.165, 1.54) is 6.92 Å². The van der Waals surface area contributed by atoms with E-state index in [-0.39, 0.29) is 23.5 Å². The van der Waals surface area contributed by atoms with E-state index < -0.39 is 42.3 Å². The van der Waals surface area contributed by atoms with Crippen molar-refractivity contribution >= 4 is 23.4 Å². The van der Waals surface area contributed by atoms with Gasteiger partial charge in [0, 0.05) is 13.0 Å². The number of alkyl halides is 3. The maximum absolute atomic E-state index is 12.4. The molecule has 118 valence electrons. The smallest absolute Gasteiger partial charge is 0.468 e. The normalized spacial score (nSPS) is 22.3. The number of ketones is 2. The third kappa shape index (κ3) is 3.40. The Bertz CT molecular complexity index is 488. The minimum atomic E-state index is -5.13. The highest BCUT2D eigenvalue weighted by Gasteiger charge is 2.57. The average molecular weight is 309 g/mol. The van der Waals surface area contributed by atoms with Gasteiger partial charge in [-0.2, -0.15) is 13.2 Å². The van der Waals surface area contributed by atoms with Gasteiger partial charge < -0.3 is 14.4 Å². The molecule has 0 unspecified atom stereocenters. The Balaban J connectivity index is 3.05. The summed E-state index contributed by atoms with van der Waals surface area (Å²) in [5, 5.41) is 0. The molecule has 0 aromatic carbocycles. The number of likely N-dealkylation sites (tertiary alicyclic amines) is 1. The van der Waals surface area contributed by atoms with Gasteiger partial charge in [-0.1, -0.05) is 0 Å². The summed E-state index contributed by atoms with van der Waals surface area (Å²) in [4.78, 5) is 46.2. The fraction of sp³-hybridized carbons (Fsp3) is 0.667. The molecule has 0 aliphatic carbocycles. The standard InChI is InChI=1S/C12H14F3NO5/c1-7(17)3-4-11(10(20)21-2)6-16(5-8(11)18)9(19)12(13,14)15/h3-6H2,1-2H3/t11-/m0/s1. The van der Waals surface area contributed by atoms with Gasteiger partial charge in [-0.3, -0.25) is 14.4 Å². The van der Waals surface area contributed by atoms with E-state index in [1.807, 2.05) is 0 Å². The lowest BCUT2D eigenvalue weighted by Crippen LogP contribution is -2.43. The summed E-state index contributed by atoms with van der Waals surface area (Å²) < 4.78 is 41.7. The predicted molar refractivity (Wildman–Crippen MR) is 62.0 cm³/mol. The Morgan fingerprint density at radius 2 is 1.90 bits per heavy atom. The molecule has 1 rings (SSSR count). The molecule has 21 heavy (non-hydrogen) atoms. The molecule has 0 spiro atoms. The number of methoxy groups -OCH3 is 1. The summed E-state index contributed by atoms with van der Waals surface area (Å²) in [6, 6.07) is 0. The van der Waals surface area contributed by atoms with Crippen LogP contribution in [0.15, 0.2) is 0 Å². The summed E-state index contributed by atoms with van der Waals surface area (Å²) in [7, 11) is 0.985. The lowest BCUT2D eigenvalue weighted by molar-refractivity contribution is -0.185. The van der Waals surface area contributed by atoms with Gasteiger partial charge in [-0.25, -0.2) is 0 Å². The Morgan fingerprint density at radius 3 is 2.33 bits per heavy atom. The van der Waals surface area contributed by atoms with Gasteiger partial charge in [-0.05, 0) is 13.3 Å². The van der Waals surface area contributed by atoms with Crippen molar-refractivity contribution in [1.29, 1.82) is 0 Å². The van der Waals surface area contributed by atoms with Crippen LogP contribution in [0.5, 0.6) is 0 Å². The van der Waals surface area contributed by atoms with Crippen molar-refractivity contribution in [3.63, 3.8) is 0 Å². The molecule has 0 N–H and O–H groups in total. The second-order valence-corrected chi connectivity index (χ2v) is 4.86. The third-order valence-electron chi connectivity index (χ3n) is 3.34. The zero-order chi connectivity index (χ0) is 16.4. The van der Waals surface area contributed by atoms with Crippen molar-refractivity contribution in [1.82, 2.24) is 4.90 Å². The van der Waals surface area contributed by atoms with Crippen molar-refractivity contribution in [3.05, 3.63) is 0 Å². The Labute approximate surface area is 118 Å². The third-order valence-corrected chi connectivity index (χ3v) is 3.34. The fourth-order valence-electron chi connectivity index (χ4n) is 2.20. The molecule has 0 radical (unpaired) electrons. The van der Waals surface area contributed by atoms with E-state index in [0.717, 1.165) is 7.11 Å². The molecule has 1 aliphatic heterocycles. The molecule has 0 aromatic rings. The highest BCUT2D eigenvalue weighted by Crippen LogP contribution is 2.35. The van der Waals surface area contributed by atoms with Gasteiger partial charge in [0.25, 0.3) is 0 Å². The number of amides is 1. The summed E-state index contributed by atoms with van der Waals surface area (Å²) in [6.45, 7) is -0.335. The molecule has 1 atom stereocenters. The number of carbonyl (C=O) groups excluding carboxylic acids is 4. The molecule has 1 saturated heterocycles. The first kappa shape index (κ1) is 17.1. The number of halogens is 3.